The Bertz CT molecular complexity index is 426. The van der Waals surface area contributed by atoms with Crippen LogP contribution in [0.2, 0.25) is 0 Å². The van der Waals surface area contributed by atoms with Crippen LogP contribution in [0.5, 0.6) is 0 Å². The fourth-order valence-corrected chi connectivity index (χ4v) is 4.07. The molecule has 0 amide bonds. The Morgan fingerprint density at radius 2 is 1.90 bits per heavy atom. The van der Waals surface area contributed by atoms with Gasteiger partial charge in [0.1, 0.15) is 0 Å². The van der Waals surface area contributed by atoms with Crippen LogP contribution in [0.15, 0.2) is 24.3 Å². The Morgan fingerprint density at radius 1 is 1.00 bits per heavy atom. The van der Waals surface area contributed by atoms with Gasteiger partial charge in [0.05, 0.1) is 0 Å². The molecule has 1 fully saturated rings. The average Bonchev–Trinajstić information content (AvgIpc) is 2.70. The van der Waals surface area contributed by atoms with E-state index in [0.29, 0.717) is 0 Å². The molecule has 2 aliphatic rings. The molecule has 1 saturated carbocycles. The third-order valence-electron chi connectivity index (χ3n) is 5.40. The zero-order valence-electron chi connectivity index (χ0n) is 12.9. The predicted molar refractivity (Wildman–Crippen MR) is 86.2 cm³/mol. The molecule has 110 valence electrons. The number of fused-ring (bicyclic) bond motifs is 1. The molecule has 0 spiro atoms. The van der Waals surface area contributed by atoms with Crippen molar-refractivity contribution in [3.05, 3.63) is 35.4 Å². The van der Waals surface area contributed by atoms with Gasteiger partial charge in [-0.25, -0.2) is 0 Å². The highest BCUT2D eigenvalue weighted by atomic mass is 14.9. The summed E-state index contributed by atoms with van der Waals surface area (Å²) >= 11 is 0. The summed E-state index contributed by atoms with van der Waals surface area (Å²) < 4.78 is 0. The number of benzene rings is 1. The average molecular weight is 271 g/mol. The lowest BCUT2D eigenvalue weighted by atomic mass is 9.82. The lowest BCUT2D eigenvalue weighted by Gasteiger charge is -2.28. The van der Waals surface area contributed by atoms with E-state index >= 15 is 0 Å². The highest BCUT2D eigenvalue weighted by Crippen LogP contribution is 2.31. The van der Waals surface area contributed by atoms with Crippen LogP contribution in [0.25, 0.3) is 0 Å². The molecule has 20 heavy (non-hydrogen) atoms. The van der Waals surface area contributed by atoms with Gasteiger partial charge in [-0.15, -0.1) is 0 Å². The molecule has 1 nitrogen and oxygen atoms in total. The summed E-state index contributed by atoms with van der Waals surface area (Å²) in [5.41, 5.74) is 3.22. The van der Waals surface area contributed by atoms with E-state index in [2.05, 4.69) is 36.5 Å². The van der Waals surface area contributed by atoms with Crippen molar-refractivity contribution in [1.29, 1.82) is 0 Å². The minimum absolute atomic E-state index is 0.751. The quantitative estimate of drug-likeness (QED) is 0.788. The molecule has 1 aromatic carbocycles. The Balaban J connectivity index is 1.56. The zero-order chi connectivity index (χ0) is 13.8. The Labute approximate surface area is 124 Å². The van der Waals surface area contributed by atoms with Gasteiger partial charge < -0.3 is 5.32 Å². The van der Waals surface area contributed by atoms with Crippen LogP contribution in [0, 0.1) is 5.92 Å². The van der Waals surface area contributed by atoms with Crippen molar-refractivity contribution in [3.63, 3.8) is 0 Å². The number of hydrogen-bond donors (Lipinski definition) is 1. The van der Waals surface area contributed by atoms with Crippen molar-refractivity contribution in [1.82, 2.24) is 5.32 Å². The Hall–Kier alpha value is -0.820. The molecule has 0 saturated heterocycles. The maximum Gasteiger partial charge on any atom is 0.00674 e. The summed E-state index contributed by atoms with van der Waals surface area (Å²) in [6.45, 7) is 3.61. The summed E-state index contributed by atoms with van der Waals surface area (Å²) in [6, 6.07) is 9.87. The summed E-state index contributed by atoms with van der Waals surface area (Å²) in [7, 11) is 0. The maximum absolute atomic E-state index is 3.89. The number of hydrogen-bond acceptors (Lipinski definition) is 1. The molecule has 3 rings (SSSR count). The zero-order valence-corrected chi connectivity index (χ0v) is 12.9. The molecular formula is C19H29N. The second-order valence-corrected chi connectivity index (χ2v) is 7.01. The van der Waals surface area contributed by atoms with Crippen molar-refractivity contribution in [3.8, 4) is 0 Å². The first-order chi connectivity index (χ1) is 9.83. The molecule has 0 aromatic heterocycles. The third kappa shape index (κ3) is 3.44. The van der Waals surface area contributed by atoms with Crippen molar-refractivity contribution in [2.45, 2.75) is 70.3 Å². The van der Waals surface area contributed by atoms with Crippen molar-refractivity contribution < 1.29 is 0 Å². The molecule has 0 heterocycles. The maximum atomic E-state index is 3.89. The van der Waals surface area contributed by atoms with Crippen molar-refractivity contribution >= 4 is 0 Å². The summed E-state index contributed by atoms with van der Waals surface area (Å²) in [5, 5.41) is 3.89. The number of nitrogens with one attached hydrogen (secondary N) is 1. The van der Waals surface area contributed by atoms with E-state index < -0.39 is 0 Å². The van der Waals surface area contributed by atoms with Crippen LogP contribution < -0.4 is 5.32 Å². The van der Waals surface area contributed by atoms with Crippen molar-refractivity contribution in [2.24, 2.45) is 5.92 Å². The first kappa shape index (κ1) is 14.1. The minimum Gasteiger partial charge on any atom is -0.313 e. The normalized spacial score (nSPS) is 30.6. The molecule has 2 aliphatic carbocycles. The SMILES string of the molecule is CC1CCCC(NCC2CCCc3ccccc32)CC1. The van der Waals surface area contributed by atoms with Gasteiger partial charge in [-0.05, 0) is 61.5 Å². The van der Waals surface area contributed by atoms with Gasteiger partial charge in [-0.3, -0.25) is 0 Å². The molecule has 0 aliphatic heterocycles. The second-order valence-electron chi connectivity index (χ2n) is 7.01. The van der Waals surface area contributed by atoms with Gasteiger partial charge in [-0.2, -0.15) is 0 Å². The van der Waals surface area contributed by atoms with Crippen LogP contribution in [0.1, 0.15) is 68.9 Å². The largest absolute Gasteiger partial charge is 0.313 e. The molecular weight excluding hydrogens is 242 g/mol. The smallest absolute Gasteiger partial charge is 0.00674 e. The van der Waals surface area contributed by atoms with Crippen LogP contribution >= 0.6 is 0 Å². The van der Waals surface area contributed by atoms with Crippen LogP contribution in [-0.2, 0) is 6.42 Å². The number of aryl methyl sites for hydroxylation is 1. The fourth-order valence-electron chi connectivity index (χ4n) is 4.07. The molecule has 1 heteroatoms. The van der Waals surface area contributed by atoms with Crippen LogP contribution in [0.4, 0.5) is 0 Å². The lowest BCUT2D eigenvalue weighted by Crippen LogP contribution is -2.33. The molecule has 1 N–H and O–H groups in total. The van der Waals surface area contributed by atoms with E-state index in [1.54, 1.807) is 11.1 Å². The van der Waals surface area contributed by atoms with E-state index in [1.807, 2.05) is 0 Å². The molecule has 0 bridgehead atoms. The van der Waals surface area contributed by atoms with E-state index in [0.717, 1.165) is 17.9 Å². The highest BCUT2D eigenvalue weighted by molar-refractivity contribution is 5.32. The Kier molecular flexibility index (Phi) is 4.77. The van der Waals surface area contributed by atoms with Gasteiger partial charge in [0.2, 0.25) is 0 Å². The van der Waals surface area contributed by atoms with E-state index in [-0.39, 0.29) is 0 Å². The van der Waals surface area contributed by atoms with E-state index in [9.17, 15) is 0 Å². The monoisotopic (exact) mass is 271 g/mol. The molecule has 0 radical (unpaired) electrons. The molecule has 1 aromatic rings. The van der Waals surface area contributed by atoms with Gasteiger partial charge in [0.25, 0.3) is 0 Å². The van der Waals surface area contributed by atoms with Crippen LogP contribution in [0.3, 0.4) is 0 Å². The molecule has 3 unspecified atom stereocenters. The van der Waals surface area contributed by atoms with E-state index in [4.69, 9.17) is 0 Å². The van der Waals surface area contributed by atoms with Gasteiger partial charge in [-0.1, -0.05) is 44.0 Å². The van der Waals surface area contributed by atoms with Crippen molar-refractivity contribution in [2.75, 3.05) is 6.54 Å². The fraction of sp³-hybridized carbons (Fsp3) is 0.684. The summed E-state index contributed by atoms with van der Waals surface area (Å²) in [4.78, 5) is 0. The topological polar surface area (TPSA) is 12.0 Å². The third-order valence-corrected chi connectivity index (χ3v) is 5.40. The van der Waals surface area contributed by atoms with Gasteiger partial charge >= 0.3 is 0 Å². The minimum atomic E-state index is 0.751. The number of rotatable bonds is 3. The first-order valence-electron chi connectivity index (χ1n) is 8.64. The first-order valence-corrected chi connectivity index (χ1v) is 8.64. The highest BCUT2D eigenvalue weighted by Gasteiger charge is 2.21. The summed E-state index contributed by atoms with van der Waals surface area (Å²) in [6.07, 6.45) is 11.1. The summed E-state index contributed by atoms with van der Waals surface area (Å²) in [5.74, 6) is 1.69. The molecule has 3 atom stereocenters. The standard InChI is InChI=1S/C19H29N/c1-15-6-4-10-18(13-12-15)20-14-17-9-5-8-16-7-2-3-11-19(16)17/h2-3,7,11,15,17-18,20H,4-6,8-10,12-14H2,1H3. The Morgan fingerprint density at radius 3 is 2.85 bits per heavy atom. The van der Waals surface area contributed by atoms with Gasteiger partial charge in [0, 0.05) is 12.6 Å². The lowest BCUT2D eigenvalue weighted by molar-refractivity contribution is 0.414. The van der Waals surface area contributed by atoms with Crippen LogP contribution in [-0.4, -0.2) is 12.6 Å². The predicted octanol–water partition coefficient (Wildman–Crippen LogP) is 4.66. The van der Waals surface area contributed by atoms with Gasteiger partial charge in [0.15, 0.2) is 0 Å². The second kappa shape index (κ2) is 6.76. The van der Waals surface area contributed by atoms with E-state index in [1.165, 1.54) is 57.9 Å².